The van der Waals surface area contributed by atoms with Crippen LogP contribution in [0.2, 0.25) is 0 Å². The fourth-order valence-electron chi connectivity index (χ4n) is 2.85. The van der Waals surface area contributed by atoms with Gasteiger partial charge in [0.05, 0.1) is 0 Å². The lowest BCUT2D eigenvalue weighted by molar-refractivity contribution is 0.0982. The van der Waals surface area contributed by atoms with Crippen molar-refractivity contribution in [2.24, 2.45) is 5.92 Å². The number of likely N-dealkylation sites (tertiary alicyclic amines) is 1. The maximum absolute atomic E-state index is 2.72. The van der Waals surface area contributed by atoms with E-state index in [9.17, 15) is 0 Å². The van der Waals surface area contributed by atoms with Crippen molar-refractivity contribution in [1.29, 1.82) is 0 Å². The Morgan fingerprint density at radius 1 is 1.21 bits per heavy atom. The maximum Gasteiger partial charge on any atom is 0.0213 e. The molecule has 1 saturated carbocycles. The van der Waals surface area contributed by atoms with Crippen molar-refractivity contribution >= 4 is 0 Å². The van der Waals surface area contributed by atoms with Crippen LogP contribution in [0.3, 0.4) is 0 Å². The van der Waals surface area contributed by atoms with Gasteiger partial charge >= 0.3 is 0 Å². The van der Waals surface area contributed by atoms with Gasteiger partial charge in [0, 0.05) is 5.54 Å². The molecule has 0 aromatic heterocycles. The van der Waals surface area contributed by atoms with E-state index in [2.05, 4.69) is 18.7 Å². The SMILES string of the molecule is CC.CCC1CCN(CC)C2(CC2)C1. The zero-order chi connectivity index (χ0) is 10.6. The second kappa shape index (κ2) is 5.16. The third-order valence-corrected chi connectivity index (χ3v) is 3.93. The molecule has 0 aromatic rings. The van der Waals surface area contributed by atoms with E-state index in [-0.39, 0.29) is 0 Å². The lowest BCUT2D eigenvalue weighted by Gasteiger charge is -2.39. The van der Waals surface area contributed by atoms with Crippen molar-refractivity contribution in [3.05, 3.63) is 0 Å². The van der Waals surface area contributed by atoms with Crippen LogP contribution in [0.25, 0.3) is 0 Å². The topological polar surface area (TPSA) is 3.24 Å². The van der Waals surface area contributed by atoms with Gasteiger partial charge in [-0.05, 0) is 44.7 Å². The van der Waals surface area contributed by atoms with Crippen LogP contribution in [0.15, 0.2) is 0 Å². The predicted molar refractivity (Wildman–Crippen MR) is 63.6 cm³/mol. The van der Waals surface area contributed by atoms with Gasteiger partial charge in [-0.15, -0.1) is 0 Å². The average Bonchev–Trinajstić information content (AvgIpc) is 3.01. The van der Waals surface area contributed by atoms with Crippen molar-refractivity contribution in [1.82, 2.24) is 4.90 Å². The summed E-state index contributed by atoms with van der Waals surface area (Å²) in [5.74, 6) is 1.04. The summed E-state index contributed by atoms with van der Waals surface area (Å²) < 4.78 is 0. The fraction of sp³-hybridized carbons (Fsp3) is 1.00. The van der Waals surface area contributed by atoms with E-state index >= 15 is 0 Å². The Balaban J connectivity index is 0.000000461. The summed E-state index contributed by atoms with van der Waals surface area (Å²) in [6.45, 7) is 11.3. The highest BCUT2D eigenvalue weighted by atomic mass is 15.2. The zero-order valence-corrected chi connectivity index (χ0v) is 10.5. The van der Waals surface area contributed by atoms with Gasteiger partial charge in [-0.25, -0.2) is 0 Å². The third-order valence-electron chi connectivity index (χ3n) is 3.93. The monoisotopic (exact) mass is 197 g/mol. The van der Waals surface area contributed by atoms with E-state index in [1.165, 1.54) is 45.2 Å². The first-order valence-electron chi connectivity index (χ1n) is 6.56. The minimum atomic E-state index is 0.702. The summed E-state index contributed by atoms with van der Waals surface area (Å²) in [5, 5.41) is 0. The first-order valence-corrected chi connectivity index (χ1v) is 6.56. The molecule has 1 aliphatic heterocycles. The molecule has 1 spiro atoms. The molecule has 84 valence electrons. The summed E-state index contributed by atoms with van der Waals surface area (Å²) >= 11 is 0. The van der Waals surface area contributed by atoms with Crippen molar-refractivity contribution in [3.63, 3.8) is 0 Å². The lowest BCUT2D eigenvalue weighted by Crippen LogP contribution is -2.44. The lowest BCUT2D eigenvalue weighted by atomic mass is 9.87. The van der Waals surface area contributed by atoms with Gasteiger partial charge in [0.1, 0.15) is 0 Å². The largest absolute Gasteiger partial charge is 0.298 e. The van der Waals surface area contributed by atoms with Crippen LogP contribution < -0.4 is 0 Å². The van der Waals surface area contributed by atoms with E-state index in [1.54, 1.807) is 0 Å². The molecule has 1 unspecified atom stereocenters. The van der Waals surface area contributed by atoms with E-state index in [1.807, 2.05) is 13.8 Å². The molecule has 14 heavy (non-hydrogen) atoms. The molecular weight excluding hydrogens is 170 g/mol. The van der Waals surface area contributed by atoms with Crippen molar-refractivity contribution < 1.29 is 0 Å². The van der Waals surface area contributed by atoms with Crippen LogP contribution in [-0.4, -0.2) is 23.5 Å². The third kappa shape index (κ3) is 2.31. The summed E-state index contributed by atoms with van der Waals surface area (Å²) in [7, 11) is 0. The molecule has 0 aromatic carbocycles. The summed E-state index contributed by atoms with van der Waals surface area (Å²) in [6, 6.07) is 0. The molecule has 2 aliphatic rings. The number of hydrogen-bond acceptors (Lipinski definition) is 1. The Morgan fingerprint density at radius 2 is 1.86 bits per heavy atom. The molecule has 1 nitrogen and oxygen atoms in total. The second-order valence-electron chi connectivity index (χ2n) is 4.57. The molecule has 1 saturated heterocycles. The summed E-state index contributed by atoms with van der Waals surface area (Å²) in [6.07, 6.45) is 7.32. The Bertz CT molecular complexity index is 161. The van der Waals surface area contributed by atoms with E-state index in [4.69, 9.17) is 0 Å². The second-order valence-corrected chi connectivity index (χ2v) is 4.57. The molecule has 1 heteroatoms. The summed E-state index contributed by atoms with van der Waals surface area (Å²) in [4.78, 5) is 2.72. The van der Waals surface area contributed by atoms with Crippen molar-refractivity contribution in [3.8, 4) is 0 Å². The highest BCUT2D eigenvalue weighted by Crippen LogP contribution is 2.50. The van der Waals surface area contributed by atoms with Gasteiger partial charge in [0.25, 0.3) is 0 Å². The Kier molecular flexibility index (Phi) is 4.43. The summed E-state index contributed by atoms with van der Waals surface area (Å²) in [5.41, 5.74) is 0.702. The van der Waals surface area contributed by atoms with Gasteiger partial charge in [-0.3, -0.25) is 4.90 Å². The maximum atomic E-state index is 2.72. The average molecular weight is 197 g/mol. The first kappa shape index (κ1) is 12.0. The predicted octanol–water partition coefficient (Wildman–Crippen LogP) is 3.69. The van der Waals surface area contributed by atoms with Crippen LogP contribution >= 0.6 is 0 Å². The van der Waals surface area contributed by atoms with Gasteiger partial charge in [0.2, 0.25) is 0 Å². The van der Waals surface area contributed by atoms with Crippen molar-refractivity contribution in [2.45, 2.75) is 65.3 Å². The molecule has 0 N–H and O–H groups in total. The molecule has 0 bridgehead atoms. The molecule has 2 rings (SSSR count). The smallest absolute Gasteiger partial charge is 0.0213 e. The quantitative estimate of drug-likeness (QED) is 0.652. The van der Waals surface area contributed by atoms with Gasteiger partial charge in [-0.2, -0.15) is 0 Å². The minimum absolute atomic E-state index is 0.702. The van der Waals surface area contributed by atoms with E-state index in [0.717, 1.165) is 5.92 Å². The highest BCUT2D eigenvalue weighted by molar-refractivity contribution is 5.06. The first-order chi connectivity index (χ1) is 6.80. The fourth-order valence-corrected chi connectivity index (χ4v) is 2.85. The minimum Gasteiger partial charge on any atom is -0.298 e. The number of hydrogen-bond donors (Lipinski definition) is 0. The van der Waals surface area contributed by atoms with E-state index in [0.29, 0.717) is 5.54 Å². The van der Waals surface area contributed by atoms with E-state index < -0.39 is 0 Å². The molecule has 1 aliphatic carbocycles. The normalized spacial score (nSPS) is 29.6. The van der Waals surface area contributed by atoms with Crippen LogP contribution in [0.1, 0.15) is 59.8 Å². The molecular formula is C13H27N. The Morgan fingerprint density at radius 3 is 2.29 bits per heavy atom. The van der Waals surface area contributed by atoms with Gasteiger partial charge in [0.15, 0.2) is 0 Å². The number of rotatable bonds is 2. The zero-order valence-electron chi connectivity index (χ0n) is 10.5. The molecule has 2 fully saturated rings. The molecule has 0 radical (unpaired) electrons. The Hall–Kier alpha value is -0.0400. The van der Waals surface area contributed by atoms with Crippen LogP contribution in [0, 0.1) is 5.92 Å². The van der Waals surface area contributed by atoms with Crippen LogP contribution in [0.5, 0.6) is 0 Å². The molecule has 0 amide bonds. The highest BCUT2D eigenvalue weighted by Gasteiger charge is 2.49. The van der Waals surface area contributed by atoms with Crippen LogP contribution in [-0.2, 0) is 0 Å². The van der Waals surface area contributed by atoms with Crippen LogP contribution in [0.4, 0.5) is 0 Å². The number of piperidine rings is 1. The van der Waals surface area contributed by atoms with Gasteiger partial charge in [-0.1, -0.05) is 34.1 Å². The molecule has 1 heterocycles. The van der Waals surface area contributed by atoms with Crippen molar-refractivity contribution in [2.75, 3.05) is 13.1 Å². The Labute approximate surface area is 89.9 Å². The standard InChI is InChI=1S/C11H21N.C2H6/c1-3-10-5-8-12(4-2)11(9-10)6-7-11;1-2/h10H,3-9H2,1-2H3;1-2H3. The molecule has 1 atom stereocenters. The number of nitrogens with zero attached hydrogens (tertiary/aromatic N) is 1. The van der Waals surface area contributed by atoms with Gasteiger partial charge < -0.3 is 0 Å².